The summed E-state index contributed by atoms with van der Waals surface area (Å²) in [5.41, 5.74) is 0.268. The van der Waals surface area contributed by atoms with Crippen molar-refractivity contribution in [3.05, 3.63) is 36.0 Å². The lowest BCUT2D eigenvalue weighted by Gasteiger charge is -2.39. The first kappa shape index (κ1) is 47.5. The summed E-state index contributed by atoms with van der Waals surface area (Å²) in [6.07, 6.45) is 13.9. The average molecular weight is 859 g/mol. The molecular formula is C44H66N4O11S. The molecule has 0 aromatic heterocycles. The molecular weight excluding hydrogens is 793 g/mol. The van der Waals surface area contributed by atoms with Gasteiger partial charge in [0, 0.05) is 50.9 Å². The van der Waals surface area contributed by atoms with Crippen LogP contribution >= 0.6 is 12.6 Å². The second kappa shape index (κ2) is 22.0. The number of unbranched alkanes of at least 4 members (excludes halogenated alkanes) is 2. The number of esters is 1. The summed E-state index contributed by atoms with van der Waals surface area (Å²) in [4.78, 5) is 74.5. The lowest BCUT2D eigenvalue weighted by molar-refractivity contribution is -0.146. The first-order chi connectivity index (χ1) is 28.5. The van der Waals surface area contributed by atoms with Gasteiger partial charge in [0.2, 0.25) is 29.5 Å². The molecule has 5 rings (SSSR count). The number of hydrogen-bond donors (Lipinski definition) is 5. The zero-order chi connectivity index (χ0) is 43.6. The predicted molar refractivity (Wildman–Crippen MR) is 225 cm³/mol. The Morgan fingerprint density at radius 2 is 1.67 bits per heavy atom. The van der Waals surface area contributed by atoms with E-state index in [1.165, 1.54) is 17.9 Å². The third-order valence-corrected chi connectivity index (χ3v) is 12.7. The maximum absolute atomic E-state index is 13.2. The molecule has 0 radical (unpaired) electrons. The Morgan fingerprint density at radius 1 is 0.983 bits per heavy atom. The summed E-state index contributed by atoms with van der Waals surface area (Å²) in [7, 11) is 0. The molecule has 4 aliphatic heterocycles. The van der Waals surface area contributed by atoms with Crippen molar-refractivity contribution in [2.24, 2.45) is 5.92 Å². The van der Waals surface area contributed by atoms with Crippen LogP contribution < -0.4 is 16.0 Å². The summed E-state index contributed by atoms with van der Waals surface area (Å²) >= 11 is 4.15. The number of nitrogens with zero attached hydrogens (tertiary/aromatic N) is 1. The van der Waals surface area contributed by atoms with Crippen LogP contribution in [0.25, 0.3) is 0 Å². The topological polar surface area (TPSA) is 202 Å². The molecule has 334 valence electrons. The molecule has 5 aliphatic rings. The van der Waals surface area contributed by atoms with Crippen molar-refractivity contribution in [3.63, 3.8) is 0 Å². The van der Waals surface area contributed by atoms with Crippen molar-refractivity contribution in [3.8, 4) is 0 Å². The number of hydrogen-bond acceptors (Lipinski definition) is 12. The van der Waals surface area contributed by atoms with Crippen LogP contribution in [0.5, 0.6) is 0 Å². The third-order valence-electron chi connectivity index (χ3n) is 12.3. The van der Waals surface area contributed by atoms with Gasteiger partial charge in [0.15, 0.2) is 0 Å². The van der Waals surface area contributed by atoms with Crippen molar-refractivity contribution >= 4 is 48.1 Å². The van der Waals surface area contributed by atoms with Crippen molar-refractivity contribution in [2.75, 3.05) is 13.2 Å². The van der Waals surface area contributed by atoms with Gasteiger partial charge in [-0.25, -0.2) is 0 Å². The average Bonchev–Trinajstić information content (AvgIpc) is 3.91. The van der Waals surface area contributed by atoms with Crippen LogP contribution in [0, 0.1) is 5.92 Å². The highest BCUT2D eigenvalue weighted by Crippen LogP contribution is 2.43. The Bertz CT molecular complexity index is 1640. The molecule has 5 fully saturated rings. The summed E-state index contributed by atoms with van der Waals surface area (Å²) in [5.74, 6) is -1.01. The van der Waals surface area contributed by atoms with Crippen molar-refractivity contribution in [1.82, 2.24) is 20.9 Å². The highest BCUT2D eigenvalue weighted by Gasteiger charge is 2.58. The van der Waals surface area contributed by atoms with Gasteiger partial charge in [0.25, 0.3) is 0 Å². The monoisotopic (exact) mass is 858 g/mol. The fourth-order valence-corrected chi connectivity index (χ4v) is 8.99. The van der Waals surface area contributed by atoms with E-state index in [2.05, 4.69) is 41.6 Å². The maximum atomic E-state index is 13.2. The van der Waals surface area contributed by atoms with E-state index in [1.54, 1.807) is 13.0 Å². The van der Waals surface area contributed by atoms with Gasteiger partial charge in [0.05, 0.1) is 42.6 Å². The number of ether oxygens (including phenoxy) is 4. The van der Waals surface area contributed by atoms with Crippen LogP contribution in [0.4, 0.5) is 0 Å². The Kier molecular flexibility index (Phi) is 17.4. The number of thiol groups is 1. The molecule has 1 aliphatic carbocycles. The lowest BCUT2D eigenvalue weighted by Crippen LogP contribution is -2.51. The molecule has 16 heteroatoms. The number of imide groups is 1. The van der Waals surface area contributed by atoms with Crippen LogP contribution in [0.1, 0.15) is 118 Å². The maximum Gasteiger partial charge on any atom is 0.303 e. The number of amides is 5. The Morgan fingerprint density at radius 3 is 2.30 bits per heavy atom. The van der Waals surface area contributed by atoms with Gasteiger partial charge in [-0.1, -0.05) is 37.1 Å². The molecule has 1 saturated carbocycles. The van der Waals surface area contributed by atoms with Crippen molar-refractivity contribution in [2.45, 2.75) is 184 Å². The number of allylic oxidation sites excluding steroid dienone is 2. The Balaban J connectivity index is 0.987. The van der Waals surface area contributed by atoms with Crippen LogP contribution in [0.2, 0.25) is 0 Å². The predicted octanol–water partition coefficient (Wildman–Crippen LogP) is 3.52. The van der Waals surface area contributed by atoms with Gasteiger partial charge in [-0.05, 0) is 84.1 Å². The number of epoxide rings is 1. The second-order valence-corrected chi connectivity index (χ2v) is 18.1. The molecule has 1 spiro atoms. The SMILES string of the molecule is CC(=O)O[C@@H](C)/C=C\C(=O)N[C@@H]1C[C@H](C)[C@H](C/C=C(C)/C=C/[C@H]2O[C@H](CC(=O)N[C@H]3CC[C@H](NC(=O)CCCCCN4C(=O)CC(S)C4=O)CC3)C[C@@]3(CO3)[C@@H]2O)O[C@@H]1C. The molecule has 60 heavy (non-hydrogen) atoms. The van der Waals surface area contributed by atoms with Gasteiger partial charge >= 0.3 is 5.97 Å². The zero-order valence-electron chi connectivity index (χ0n) is 35.8. The minimum Gasteiger partial charge on any atom is -0.459 e. The summed E-state index contributed by atoms with van der Waals surface area (Å²) < 4.78 is 23.4. The molecule has 0 aromatic carbocycles. The lowest BCUT2D eigenvalue weighted by atomic mass is 9.87. The van der Waals surface area contributed by atoms with Gasteiger partial charge in [0.1, 0.15) is 23.9 Å². The molecule has 4 saturated heterocycles. The van der Waals surface area contributed by atoms with Gasteiger partial charge in [-0.2, -0.15) is 12.6 Å². The number of aliphatic hydroxyl groups is 1. The number of nitrogens with one attached hydrogen (secondary N) is 3. The van der Waals surface area contributed by atoms with Crippen LogP contribution in [0.15, 0.2) is 36.0 Å². The van der Waals surface area contributed by atoms with Gasteiger partial charge in [-0.15, -0.1) is 0 Å². The highest BCUT2D eigenvalue weighted by atomic mass is 32.1. The second-order valence-electron chi connectivity index (χ2n) is 17.5. The highest BCUT2D eigenvalue weighted by molar-refractivity contribution is 7.81. The smallest absolute Gasteiger partial charge is 0.303 e. The van der Waals surface area contributed by atoms with Crippen LogP contribution in [-0.2, 0) is 47.7 Å². The molecule has 15 nitrogen and oxygen atoms in total. The number of carbonyl (C=O) groups is 6. The number of likely N-dealkylation sites (tertiary alicyclic amines) is 1. The van der Waals surface area contributed by atoms with E-state index < -0.39 is 41.2 Å². The van der Waals surface area contributed by atoms with Crippen LogP contribution in [-0.4, -0.2) is 124 Å². The number of carbonyl (C=O) groups excluding carboxylic acids is 6. The van der Waals surface area contributed by atoms with E-state index in [0.717, 1.165) is 44.1 Å². The van der Waals surface area contributed by atoms with E-state index in [-0.39, 0.29) is 78.6 Å². The summed E-state index contributed by atoms with van der Waals surface area (Å²) in [6.45, 7) is 9.84. The van der Waals surface area contributed by atoms with Crippen LogP contribution in [0.3, 0.4) is 0 Å². The summed E-state index contributed by atoms with van der Waals surface area (Å²) in [5, 5.41) is 19.9. The van der Waals surface area contributed by atoms with Gasteiger partial charge < -0.3 is 40.0 Å². The van der Waals surface area contributed by atoms with E-state index in [0.29, 0.717) is 45.3 Å². The fraction of sp³-hybridized carbons (Fsp3) is 0.727. The molecule has 0 aromatic rings. The Labute approximate surface area is 359 Å². The molecule has 4 N–H and O–H groups in total. The normalized spacial score (nSPS) is 33.9. The van der Waals surface area contributed by atoms with E-state index in [9.17, 15) is 33.9 Å². The first-order valence-corrected chi connectivity index (χ1v) is 22.3. The largest absolute Gasteiger partial charge is 0.459 e. The van der Waals surface area contributed by atoms with Crippen molar-refractivity contribution in [1.29, 1.82) is 0 Å². The van der Waals surface area contributed by atoms with Gasteiger partial charge in [-0.3, -0.25) is 33.7 Å². The van der Waals surface area contributed by atoms with E-state index in [4.69, 9.17) is 18.9 Å². The number of aliphatic hydroxyl groups excluding tert-OH is 1. The standard InChI is InChI=1S/C44H66N4O11S/c1-26(10-17-35-27(2)21-34(29(4)58-35)47-39(51)19-12-28(3)57-30(5)49)11-18-36-42(54)44(25-56-44)24-33(59-36)22-40(52)46-32-15-13-31(14-16-32)45-38(50)9-7-6-8-20-48-41(53)23-37(60)43(48)55/h10-12,18-19,27-29,31-37,42,54,60H,6-9,13-17,20-25H2,1-5H3,(H,45,50)(H,46,52)(H,47,51)/b18-11+,19-12-,26-10+/t27-,28-,29+,31-,32-,33+,34+,35-,36+,37?,42+,44+/m0/s1. The summed E-state index contributed by atoms with van der Waals surface area (Å²) in [6, 6.07) is -0.0802. The number of rotatable bonds is 18. The zero-order valence-corrected chi connectivity index (χ0v) is 36.7. The molecule has 5 amide bonds. The molecule has 10 atom stereocenters. The minimum atomic E-state index is -0.853. The quantitative estimate of drug-likeness (QED) is 0.0257. The molecule has 0 bridgehead atoms. The minimum absolute atomic E-state index is 0.00626. The molecule has 4 heterocycles. The van der Waals surface area contributed by atoms with E-state index >= 15 is 0 Å². The molecule has 1 unspecified atom stereocenters. The third kappa shape index (κ3) is 14.0. The van der Waals surface area contributed by atoms with Crippen molar-refractivity contribution < 1.29 is 52.8 Å². The first-order valence-electron chi connectivity index (χ1n) is 21.8. The van der Waals surface area contributed by atoms with E-state index in [1.807, 2.05) is 26.0 Å². The fourth-order valence-electron chi connectivity index (χ4n) is 8.69. The Hall–Kier alpha value is -3.57.